The van der Waals surface area contributed by atoms with Gasteiger partial charge in [-0.25, -0.2) is 13.6 Å². The van der Waals surface area contributed by atoms with Gasteiger partial charge in [0.25, 0.3) is 5.91 Å². The van der Waals surface area contributed by atoms with Crippen molar-refractivity contribution in [3.8, 4) is 11.5 Å². The van der Waals surface area contributed by atoms with Crippen molar-refractivity contribution < 1.29 is 53.1 Å². The van der Waals surface area contributed by atoms with E-state index in [-0.39, 0.29) is 30.2 Å². The Hall–Kier alpha value is -5.86. The molecular formula is C37H35F2N3O9. The van der Waals surface area contributed by atoms with Gasteiger partial charge in [0.05, 0.1) is 24.7 Å². The topological polar surface area (TPSA) is 186 Å². The summed E-state index contributed by atoms with van der Waals surface area (Å²) >= 11 is 0. The molecule has 0 aromatic heterocycles. The van der Waals surface area contributed by atoms with Gasteiger partial charge < -0.3 is 40.7 Å². The second kappa shape index (κ2) is 16.2. The third-order valence-corrected chi connectivity index (χ3v) is 8.51. The average molecular weight is 704 g/mol. The SMILES string of the molecule is O=C(COc1ccc([C@@H]2[C@@H](CC[C@H](O)c3ccc(F)cc3)C(=O)N2c2ccc(F)cc2)c(O)c1)N[C@@H](C(=O)N[C@H](CO)C(=O)O)c1ccccc1. The molecule has 51 heavy (non-hydrogen) atoms. The molecule has 0 radical (unpaired) electrons. The van der Waals surface area contributed by atoms with Gasteiger partial charge in [0, 0.05) is 17.3 Å². The molecule has 1 fully saturated rings. The fourth-order valence-corrected chi connectivity index (χ4v) is 5.87. The van der Waals surface area contributed by atoms with Gasteiger partial charge in [-0.3, -0.25) is 14.4 Å². The molecule has 0 spiro atoms. The number of aliphatic hydroxyl groups excluding tert-OH is 2. The summed E-state index contributed by atoms with van der Waals surface area (Å²) in [7, 11) is 0. The van der Waals surface area contributed by atoms with Gasteiger partial charge in [-0.15, -0.1) is 0 Å². The summed E-state index contributed by atoms with van der Waals surface area (Å²) in [6.45, 7) is -1.47. The maximum Gasteiger partial charge on any atom is 0.328 e. The Bertz CT molecular complexity index is 1860. The van der Waals surface area contributed by atoms with Crippen molar-refractivity contribution in [1.82, 2.24) is 10.6 Å². The third-order valence-electron chi connectivity index (χ3n) is 8.51. The molecule has 5 atom stereocenters. The van der Waals surface area contributed by atoms with Gasteiger partial charge >= 0.3 is 5.97 Å². The van der Waals surface area contributed by atoms with E-state index in [1.54, 1.807) is 30.3 Å². The highest BCUT2D eigenvalue weighted by Crippen LogP contribution is 2.49. The molecule has 266 valence electrons. The number of carbonyl (C=O) groups is 4. The number of carboxylic acids is 1. The van der Waals surface area contributed by atoms with Crippen LogP contribution in [0, 0.1) is 17.6 Å². The number of β-lactam (4-membered cyclic amide) rings is 1. The van der Waals surface area contributed by atoms with E-state index in [0.717, 1.165) is 0 Å². The van der Waals surface area contributed by atoms with E-state index in [1.807, 2.05) is 0 Å². The number of nitrogens with zero attached hydrogens (tertiary/aromatic N) is 1. The highest BCUT2D eigenvalue weighted by Gasteiger charge is 2.49. The summed E-state index contributed by atoms with van der Waals surface area (Å²) in [5.41, 5.74) is 1.54. The summed E-state index contributed by atoms with van der Waals surface area (Å²) in [6, 6.07) is 19.3. The zero-order valence-corrected chi connectivity index (χ0v) is 27.0. The summed E-state index contributed by atoms with van der Waals surface area (Å²) in [6.07, 6.45) is -0.610. The molecule has 1 saturated heterocycles. The quantitative estimate of drug-likeness (QED) is 0.101. The molecule has 3 amide bonds. The third kappa shape index (κ3) is 8.66. The molecule has 12 nitrogen and oxygen atoms in total. The fraction of sp³-hybridized carbons (Fsp3) is 0.243. The molecule has 5 rings (SSSR count). The van der Waals surface area contributed by atoms with Crippen LogP contribution < -0.4 is 20.3 Å². The largest absolute Gasteiger partial charge is 0.507 e. The van der Waals surface area contributed by atoms with Gasteiger partial charge in [-0.2, -0.15) is 0 Å². The number of ether oxygens (including phenoxy) is 1. The molecular weight excluding hydrogens is 668 g/mol. The number of aliphatic carboxylic acids is 1. The van der Waals surface area contributed by atoms with Crippen LogP contribution in [0.2, 0.25) is 0 Å². The summed E-state index contributed by atoms with van der Waals surface area (Å²) in [4.78, 5) is 52.0. The van der Waals surface area contributed by atoms with Crippen molar-refractivity contribution in [3.63, 3.8) is 0 Å². The van der Waals surface area contributed by atoms with Crippen molar-refractivity contribution >= 4 is 29.4 Å². The molecule has 0 unspecified atom stereocenters. The number of halogens is 2. The zero-order valence-electron chi connectivity index (χ0n) is 27.0. The first-order chi connectivity index (χ1) is 24.5. The smallest absolute Gasteiger partial charge is 0.328 e. The summed E-state index contributed by atoms with van der Waals surface area (Å²) < 4.78 is 32.7. The van der Waals surface area contributed by atoms with Crippen LogP contribution in [-0.2, 0) is 19.2 Å². The molecule has 14 heteroatoms. The number of hydrogen-bond donors (Lipinski definition) is 6. The Labute approximate surface area is 290 Å². The van der Waals surface area contributed by atoms with E-state index in [1.165, 1.54) is 71.6 Å². The number of aliphatic hydroxyl groups is 2. The lowest BCUT2D eigenvalue weighted by molar-refractivity contribution is -0.143. The van der Waals surface area contributed by atoms with Crippen molar-refractivity contribution in [1.29, 1.82) is 0 Å². The highest BCUT2D eigenvalue weighted by molar-refractivity contribution is 6.03. The number of carbonyl (C=O) groups excluding carboxylic acids is 3. The van der Waals surface area contributed by atoms with E-state index < -0.39 is 72.8 Å². The van der Waals surface area contributed by atoms with Crippen molar-refractivity contribution in [2.45, 2.75) is 37.1 Å². The molecule has 0 bridgehead atoms. The Balaban J connectivity index is 1.29. The number of rotatable bonds is 15. The van der Waals surface area contributed by atoms with Crippen LogP contribution in [0.15, 0.2) is 97.1 Å². The molecule has 0 aliphatic carbocycles. The minimum Gasteiger partial charge on any atom is -0.507 e. The summed E-state index contributed by atoms with van der Waals surface area (Å²) in [5.74, 6) is -5.23. The van der Waals surface area contributed by atoms with Gasteiger partial charge in [-0.1, -0.05) is 42.5 Å². The molecule has 0 saturated carbocycles. The number of hydrogen-bond acceptors (Lipinski definition) is 8. The minimum atomic E-state index is -1.59. The monoisotopic (exact) mass is 703 g/mol. The molecule has 4 aromatic rings. The normalized spacial score (nSPS) is 17.1. The molecule has 4 aromatic carbocycles. The van der Waals surface area contributed by atoms with Gasteiger partial charge in [-0.05, 0) is 72.5 Å². The Morgan fingerprint density at radius 2 is 1.51 bits per heavy atom. The Morgan fingerprint density at radius 1 is 0.863 bits per heavy atom. The van der Waals surface area contributed by atoms with Crippen LogP contribution in [-0.4, -0.2) is 63.4 Å². The zero-order chi connectivity index (χ0) is 36.7. The molecule has 1 aliphatic rings. The van der Waals surface area contributed by atoms with E-state index in [2.05, 4.69) is 10.6 Å². The van der Waals surface area contributed by atoms with Crippen LogP contribution in [0.25, 0.3) is 0 Å². The van der Waals surface area contributed by atoms with E-state index in [0.29, 0.717) is 22.4 Å². The number of aromatic hydroxyl groups is 1. The Kier molecular flexibility index (Phi) is 11.6. The number of amides is 3. The van der Waals surface area contributed by atoms with Crippen molar-refractivity contribution in [2.75, 3.05) is 18.1 Å². The van der Waals surface area contributed by atoms with Crippen molar-refractivity contribution in [2.24, 2.45) is 5.92 Å². The lowest BCUT2D eigenvalue weighted by Crippen LogP contribution is -2.55. The predicted molar refractivity (Wildman–Crippen MR) is 178 cm³/mol. The number of anilines is 1. The van der Waals surface area contributed by atoms with E-state index >= 15 is 0 Å². The lowest BCUT2D eigenvalue weighted by Gasteiger charge is -2.48. The number of benzene rings is 4. The van der Waals surface area contributed by atoms with Crippen LogP contribution in [0.4, 0.5) is 14.5 Å². The molecule has 1 heterocycles. The maximum absolute atomic E-state index is 13.7. The van der Waals surface area contributed by atoms with Crippen LogP contribution in [0.5, 0.6) is 11.5 Å². The standard InChI is InChI=1S/C37H35F2N3O9/c38-23-8-6-21(7-9-23)30(44)17-16-28-34(42(36(28)48)25-12-10-24(39)11-13-25)27-15-14-26(18-31(27)45)51-20-32(46)41-33(22-4-2-1-3-5-22)35(47)40-29(19-43)37(49)50/h1-15,18,28-30,33-34,43-45H,16-17,19-20H2,(H,40,47)(H,41,46)(H,49,50)/t28-,29-,30+,33-,34-/m1/s1. The van der Waals surface area contributed by atoms with Gasteiger partial charge in [0.15, 0.2) is 6.61 Å². The molecule has 6 N–H and O–H groups in total. The lowest BCUT2D eigenvalue weighted by atomic mass is 9.78. The van der Waals surface area contributed by atoms with Crippen molar-refractivity contribution in [3.05, 3.63) is 125 Å². The maximum atomic E-state index is 13.7. The first kappa shape index (κ1) is 36.4. The predicted octanol–water partition coefficient (Wildman–Crippen LogP) is 3.69. The highest BCUT2D eigenvalue weighted by atomic mass is 19.1. The number of phenols is 1. The van der Waals surface area contributed by atoms with Crippen LogP contribution in [0.1, 0.15) is 47.7 Å². The van der Waals surface area contributed by atoms with Crippen LogP contribution >= 0.6 is 0 Å². The van der Waals surface area contributed by atoms with E-state index in [4.69, 9.17) is 4.74 Å². The molecule has 1 aliphatic heterocycles. The fourth-order valence-electron chi connectivity index (χ4n) is 5.87. The second-order valence-electron chi connectivity index (χ2n) is 11.9. The van der Waals surface area contributed by atoms with Crippen LogP contribution in [0.3, 0.4) is 0 Å². The second-order valence-corrected chi connectivity index (χ2v) is 11.9. The van der Waals surface area contributed by atoms with E-state index in [9.17, 15) is 48.4 Å². The first-order valence-electron chi connectivity index (χ1n) is 15.9. The minimum absolute atomic E-state index is 0.0700. The number of carboxylic acid groups (broad SMARTS) is 1. The Morgan fingerprint density at radius 3 is 2.12 bits per heavy atom. The van der Waals surface area contributed by atoms with Gasteiger partial charge in [0.2, 0.25) is 11.8 Å². The number of phenolic OH excluding ortho intramolecular Hbond substituents is 1. The van der Waals surface area contributed by atoms with Gasteiger partial charge in [0.1, 0.15) is 35.2 Å². The average Bonchev–Trinajstić information content (AvgIpc) is 3.12. The summed E-state index contributed by atoms with van der Waals surface area (Å²) in [5, 5.41) is 45.0. The number of nitrogens with one attached hydrogen (secondary N) is 2. The first-order valence-corrected chi connectivity index (χ1v) is 15.9.